The molecule has 2 fully saturated rings. The highest BCUT2D eigenvalue weighted by atomic mass is 16.6. The van der Waals surface area contributed by atoms with Gasteiger partial charge in [-0.25, -0.2) is 0 Å². The van der Waals surface area contributed by atoms with Crippen LogP contribution in [0.25, 0.3) is 32.3 Å². The number of hydrogen-bond donors (Lipinski definition) is 0. The Hall–Kier alpha value is -5.43. The van der Waals surface area contributed by atoms with E-state index in [0.717, 1.165) is 49.9 Å². The van der Waals surface area contributed by atoms with Crippen LogP contribution in [0.3, 0.4) is 0 Å². The zero-order valence-electron chi connectivity index (χ0n) is 28.1. The summed E-state index contributed by atoms with van der Waals surface area (Å²) in [4.78, 5) is 16.5. The Balaban J connectivity index is 1.08. The molecule has 2 saturated heterocycles. The largest absolute Gasteiger partial charge is 0.497 e. The Bertz CT molecular complexity index is 2270. The van der Waals surface area contributed by atoms with Gasteiger partial charge in [0.1, 0.15) is 22.7 Å². The molecule has 0 aliphatic carbocycles. The van der Waals surface area contributed by atoms with Crippen molar-refractivity contribution in [3.05, 3.63) is 156 Å². The maximum atomic E-state index is 14.5. The summed E-state index contributed by atoms with van der Waals surface area (Å²) in [5.41, 5.74) is 2.01. The van der Waals surface area contributed by atoms with E-state index >= 15 is 0 Å². The van der Waals surface area contributed by atoms with Gasteiger partial charge in [0.2, 0.25) is 0 Å². The lowest BCUT2D eigenvalue weighted by atomic mass is 9.79. The Morgan fingerprint density at radius 1 is 0.700 bits per heavy atom. The second-order valence-corrected chi connectivity index (χ2v) is 13.5. The molecular formula is C44H37NO5. The lowest BCUT2D eigenvalue weighted by Gasteiger charge is -2.40. The highest BCUT2D eigenvalue weighted by molar-refractivity contribution is 6.26. The molecule has 9 rings (SSSR count). The van der Waals surface area contributed by atoms with Crippen molar-refractivity contribution >= 4 is 38.2 Å². The number of methoxy groups -OCH3 is 2. The maximum Gasteiger partial charge on any atom is 0.254 e. The first-order valence-corrected chi connectivity index (χ1v) is 17.1. The number of fused-ring (bicyclic) bond motifs is 2. The third-order valence-corrected chi connectivity index (χ3v) is 10.8. The summed E-state index contributed by atoms with van der Waals surface area (Å²) in [7, 11) is 3.34. The number of nitrogens with zero attached hydrogens (tertiary/aromatic N) is 1. The number of hydrogen-bond acceptors (Lipinski definition) is 5. The molecule has 0 radical (unpaired) electrons. The lowest BCUT2D eigenvalue weighted by molar-refractivity contribution is -0.115. The van der Waals surface area contributed by atoms with Gasteiger partial charge in [-0.05, 0) is 79.3 Å². The number of carbonyl (C=O) groups excluding carboxylic acids is 1. The third kappa shape index (κ3) is 4.74. The molecule has 2 bridgehead atoms. The van der Waals surface area contributed by atoms with Crippen LogP contribution < -0.4 is 9.47 Å². The molecule has 2 heterocycles. The van der Waals surface area contributed by atoms with Crippen molar-refractivity contribution in [2.45, 2.75) is 23.7 Å². The summed E-state index contributed by atoms with van der Waals surface area (Å²) in [5.74, 6) is 1.57. The van der Waals surface area contributed by atoms with Gasteiger partial charge in [-0.1, -0.05) is 103 Å². The van der Waals surface area contributed by atoms with E-state index in [1.54, 1.807) is 14.2 Å². The molecule has 6 nitrogen and oxygen atoms in total. The van der Waals surface area contributed by atoms with Gasteiger partial charge in [0.15, 0.2) is 0 Å². The molecule has 6 heteroatoms. The van der Waals surface area contributed by atoms with Crippen LogP contribution in [0.2, 0.25) is 0 Å². The lowest BCUT2D eigenvalue weighted by Crippen LogP contribution is -2.49. The quantitative estimate of drug-likeness (QED) is 0.115. The van der Waals surface area contributed by atoms with Crippen molar-refractivity contribution in [3.63, 3.8) is 0 Å². The second-order valence-electron chi connectivity index (χ2n) is 13.5. The minimum absolute atomic E-state index is 0.0299. The van der Waals surface area contributed by atoms with Crippen LogP contribution in [-0.4, -0.2) is 56.4 Å². The number of amides is 1. The summed E-state index contributed by atoms with van der Waals surface area (Å²) in [6.45, 7) is 1.22. The van der Waals surface area contributed by atoms with Gasteiger partial charge in [0, 0.05) is 12.0 Å². The minimum atomic E-state index is -0.973. The van der Waals surface area contributed by atoms with Crippen LogP contribution in [0.4, 0.5) is 0 Å². The smallest absolute Gasteiger partial charge is 0.254 e. The van der Waals surface area contributed by atoms with E-state index in [2.05, 4.69) is 84.9 Å². The Labute approximate surface area is 291 Å². The van der Waals surface area contributed by atoms with Crippen LogP contribution in [0.5, 0.6) is 11.5 Å². The molecule has 1 amide bonds. The van der Waals surface area contributed by atoms with Crippen LogP contribution in [0, 0.1) is 0 Å². The SMILES string of the molecule is COc1ccc(C(OCC23CC(CO2)N(C(=O)c2ccc4ccc5cccc6ccc2c4c56)C3)(c2ccccc2)c2ccc(OC)cc2)cc1. The molecule has 2 atom stereocenters. The highest BCUT2D eigenvalue weighted by Crippen LogP contribution is 2.46. The fourth-order valence-electron chi connectivity index (χ4n) is 8.34. The van der Waals surface area contributed by atoms with Crippen molar-refractivity contribution in [1.82, 2.24) is 4.90 Å². The normalized spacial score (nSPS) is 18.8. The average molecular weight is 660 g/mol. The summed E-state index contributed by atoms with van der Waals surface area (Å²) in [5, 5.41) is 6.87. The van der Waals surface area contributed by atoms with E-state index < -0.39 is 11.2 Å². The van der Waals surface area contributed by atoms with Crippen LogP contribution in [0.15, 0.2) is 133 Å². The topological polar surface area (TPSA) is 57.2 Å². The van der Waals surface area contributed by atoms with E-state index in [-0.39, 0.29) is 11.9 Å². The first kappa shape index (κ1) is 30.6. The predicted molar refractivity (Wildman–Crippen MR) is 197 cm³/mol. The number of carbonyl (C=O) groups is 1. The van der Waals surface area contributed by atoms with Crippen molar-refractivity contribution in [2.75, 3.05) is 34.0 Å². The molecule has 2 unspecified atom stereocenters. The van der Waals surface area contributed by atoms with E-state index in [1.165, 1.54) is 16.2 Å². The minimum Gasteiger partial charge on any atom is -0.497 e. The van der Waals surface area contributed by atoms with E-state index in [0.29, 0.717) is 26.2 Å². The Kier molecular flexibility index (Phi) is 7.27. The molecule has 0 saturated carbocycles. The summed E-state index contributed by atoms with van der Waals surface area (Å²) in [6.07, 6.45) is 0.709. The third-order valence-electron chi connectivity index (χ3n) is 10.8. The van der Waals surface area contributed by atoms with Crippen molar-refractivity contribution in [1.29, 1.82) is 0 Å². The fraction of sp³-hybridized carbons (Fsp3) is 0.205. The van der Waals surface area contributed by atoms with Gasteiger partial charge in [-0.3, -0.25) is 4.79 Å². The Morgan fingerprint density at radius 2 is 1.28 bits per heavy atom. The summed E-state index contributed by atoms with van der Waals surface area (Å²) in [6, 6.07) is 45.4. The first-order chi connectivity index (χ1) is 24.5. The highest BCUT2D eigenvalue weighted by Gasteiger charge is 2.54. The van der Waals surface area contributed by atoms with Crippen molar-refractivity contribution < 1.29 is 23.7 Å². The van der Waals surface area contributed by atoms with Gasteiger partial charge in [-0.15, -0.1) is 0 Å². The predicted octanol–water partition coefficient (Wildman–Crippen LogP) is 8.59. The van der Waals surface area contributed by atoms with Gasteiger partial charge in [0.25, 0.3) is 5.91 Å². The van der Waals surface area contributed by atoms with Crippen LogP contribution in [0.1, 0.15) is 33.5 Å². The number of ether oxygens (including phenoxy) is 4. The summed E-state index contributed by atoms with van der Waals surface area (Å²) >= 11 is 0. The molecule has 0 aromatic heterocycles. The standard InChI is InChI=1S/C44H37NO5/c1-47-36-19-15-33(16-20-36)44(32-9-4-3-5-10-32,34-17-21-37(48-2)22-18-34)50-28-43-25-35(26-49-43)45(27-43)42(46)39-24-14-31-12-11-29-7-6-8-30-13-23-38(39)41(31)40(29)30/h3-24,35H,25-28H2,1-2H3. The number of morpholine rings is 1. The molecule has 50 heavy (non-hydrogen) atoms. The van der Waals surface area contributed by atoms with Crippen molar-refractivity contribution in [3.8, 4) is 11.5 Å². The van der Waals surface area contributed by atoms with Gasteiger partial charge in [0.05, 0.1) is 40.0 Å². The number of likely N-dealkylation sites (tertiary alicyclic amines) is 1. The van der Waals surface area contributed by atoms with Crippen LogP contribution in [-0.2, 0) is 15.1 Å². The number of benzene rings is 7. The zero-order valence-corrected chi connectivity index (χ0v) is 28.1. The fourth-order valence-corrected chi connectivity index (χ4v) is 8.34. The zero-order chi connectivity index (χ0) is 33.9. The molecular weight excluding hydrogens is 622 g/mol. The van der Waals surface area contributed by atoms with Gasteiger partial charge >= 0.3 is 0 Å². The van der Waals surface area contributed by atoms with Gasteiger partial charge < -0.3 is 23.8 Å². The van der Waals surface area contributed by atoms with Crippen molar-refractivity contribution in [2.24, 2.45) is 0 Å². The molecule has 7 aromatic rings. The van der Waals surface area contributed by atoms with Gasteiger partial charge in [-0.2, -0.15) is 0 Å². The van der Waals surface area contributed by atoms with Crippen LogP contribution >= 0.6 is 0 Å². The molecule has 7 aromatic carbocycles. The molecule has 2 aliphatic heterocycles. The molecule has 0 N–H and O–H groups in total. The second kappa shape index (κ2) is 11.9. The molecule has 2 aliphatic rings. The number of rotatable bonds is 9. The Morgan fingerprint density at radius 3 is 1.92 bits per heavy atom. The van der Waals surface area contributed by atoms with E-state index in [1.807, 2.05) is 53.4 Å². The monoisotopic (exact) mass is 659 g/mol. The maximum absolute atomic E-state index is 14.5. The molecule has 0 spiro atoms. The summed E-state index contributed by atoms with van der Waals surface area (Å²) < 4.78 is 24.9. The van der Waals surface area contributed by atoms with E-state index in [4.69, 9.17) is 18.9 Å². The molecule has 248 valence electrons. The first-order valence-electron chi connectivity index (χ1n) is 17.1. The average Bonchev–Trinajstić information content (AvgIpc) is 3.77. The van der Waals surface area contributed by atoms with E-state index in [9.17, 15) is 4.79 Å².